The van der Waals surface area contributed by atoms with Crippen LogP contribution < -0.4 is 0 Å². The maximum Gasteiger partial charge on any atom is 0.222 e. The molecular formula is C26H47NO2. The van der Waals surface area contributed by atoms with Gasteiger partial charge in [0.2, 0.25) is 5.91 Å². The fourth-order valence-corrected chi connectivity index (χ4v) is 4.49. The highest BCUT2D eigenvalue weighted by atomic mass is 16.2. The molecule has 3 atom stereocenters. The molecule has 1 saturated heterocycles. The van der Waals surface area contributed by atoms with Gasteiger partial charge in [0.25, 0.3) is 0 Å². The topological polar surface area (TPSA) is 37.4 Å². The van der Waals surface area contributed by atoms with E-state index in [1.54, 1.807) is 0 Å². The van der Waals surface area contributed by atoms with Crippen molar-refractivity contribution in [1.82, 2.24) is 4.90 Å². The van der Waals surface area contributed by atoms with Gasteiger partial charge in [0.05, 0.1) is 0 Å². The molecule has 0 aromatic heterocycles. The first-order chi connectivity index (χ1) is 14.1. The molecule has 0 N–H and O–H groups in total. The SMILES string of the molecule is CCCCCCCC=CCCCC(C)CC(CC(C)C=O)N1CCCCCC1=O. The van der Waals surface area contributed by atoms with Gasteiger partial charge in [0.1, 0.15) is 6.29 Å². The van der Waals surface area contributed by atoms with Crippen LogP contribution in [-0.4, -0.2) is 29.7 Å². The summed E-state index contributed by atoms with van der Waals surface area (Å²) in [5.41, 5.74) is 0. The van der Waals surface area contributed by atoms with E-state index in [0.29, 0.717) is 18.2 Å². The van der Waals surface area contributed by atoms with Gasteiger partial charge in [-0.25, -0.2) is 0 Å². The van der Waals surface area contributed by atoms with Gasteiger partial charge in [-0.2, -0.15) is 0 Å². The third-order valence-corrected chi connectivity index (χ3v) is 6.31. The molecule has 0 radical (unpaired) electrons. The molecule has 0 aromatic rings. The highest BCUT2D eigenvalue weighted by Crippen LogP contribution is 2.25. The second-order valence-corrected chi connectivity index (χ2v) is 9.35. The third kappa shape index (κ3) is 12.2. The highest BCUT2D eigenvalue weighted by molar-refractivity contribution is 5.76. The second kappa shape index (κ2) is 16.7. The molecule has 3 nitrogen and oxygen atoms in total. The zero-order chi connectivity index (χ0) is 21.3. The van der Waals surface area contributed by atoms with Gasteiger partial charge in [-0.15, -0.1) is 0 Å². The smallest absolute Gasteiger partial charge is 0.222 e. The number of unbranched alkanes of at least 4 members (excludes halogenated alkanes) is 6. The van der Waals surface area contributed by atoms with Crippen molar-refractivity contribution in [2.24, 2.45) is 11.8 Å². The summed E-state index contributed by atoms with van der Waals surface area (Å²) in [5.74, 6) is 0.931. The number of rotatable bonds is 16. The minimum atomic E-state index is 0.0310. The molecule has 1 fully saturated rings. The van der Waals surface area contributed by atoms with E-state index >= 15 is 0 Å². The first kappa shape index (κ1) is 25.9. The standard InChI is InChI=1S/C26H47NO2/c1-4-5-6-7-8-9-10-11-12-14-17-23(2)20-25(21-24(3)22-28)27-19-16-13-15-18-26(27)29/h10-11,22-25H,4-9,12-21H2,1-3H3. The summed E-state index contributed by atoms with van der Waals surface area (Å²) < 4.78 is 0. The van der Waals surface area contributed by atoms with Gasteiger partial charge in [-0.05, 0) is 57.3 Å². The lowest BCUT2D eigenvalue weighted by molar-refractivity contribution is -0.134. The molecule has 1 amide bonds. The molecule has 0 spiro atoms. The van der Waals surface area contributed by atoms with Crippen LogP contribution in [-0.2, 0) is 9.59 Å². The molecule has 1 rings (SSSR count). The summed E-state index contributed by atoms with van der Waals surface area (Å²) in [6.07, 6.45) is 23.2. The van der Waals surface area contributed by atoms with Gasteiger partial charge < -0.3 is 9.69 Å². The van der Waals surface area contributed by atoms with Crippen molar-refractivity contribution in [2.75, 3.05) is 6.54 Å². The number of carbonyl (C=O) groups is 2. The highest BCUT2D eigenvalue weighted by Gasteiger charge is 2.27. The zero-order valence-electron chi connectivity index (χ0n) is 19.5. The molecule has 3 unspecified atom stereocenters. The summed E-state index contributed by atoms with van der Waals surface area (Å²) in [7, 11) is 0. The molecule has 1 aliphatic rings. The number of hydrogen-bond donors (Lipinski definition) is 0. The third-order valence-electron chi connectivity index (χ3n) is 6.31. The van der Waals surface area contributed by atoms with Crippen LogP contribution in [0.4, 0.5) is 0 Å². The molecule has 0 saturated carbocycles. The van der Waals surface area contributed by atoms with E-state index < -0.39 is 0 Å². The summed E-state index contributed by atoms with van der Waals surface area (Å²) in [4.78, 5) is 25.9. The Morgan fingerprint density at radius 1 is 0.931 bits per heavy atom. The Morgan fingerprint density at radius 3 is 2.38 bits per heavy atom. The lowest BCUT2D eigenvalue weighted by Crippen LogP contribution is -2.42. The van der Waals surface area contributed by atoms with Crippen LogP contribution in [0.25, 0.3) is 0 Å². The van der Waals surface area contributed by atoms with E-state index in [4.69, 9.17) is 0 Å². The average Bonchev–Trinajstić information content (AvgIpc) is 2.93. The van der Waals surface area contributed by atoms with Crippen molar-refractivity contribution in [3.63, 3.8) is 0 Å². The first-order valence-electron chi connectivity index (χ1n) is 12.5. The molecule has 29 heavy (non-hydrogen) atoms. The number of allylic oxidation sites excluding steroid dienone is 2. The van der Waals surface area contributed by atoms with Crippen molar-refractivity contribution in [2.45, 2.75) is 123 Å². The van der Waals surface area contributed by atoms with Crippen LogP contribution in [0.3, 0.4) is 0 Å². The van der Waals surface area contributed by atoms with Crippen LogP contribution in [0.2, 0.25) is 0 Å². The van der Waals surface area contributed by atoms with Crippen LogP contribution in [0.5, 0.6) is 0 Å². The van der Waals surface area contributed by atoms with E-state index in [1.165, 1.54) is 51.4 Å². The Kier molecular flexibility index (Phi) is 14.9. The second-order valence-electron chi connectivity index (χ2n) is 9.35. The Bertz CT molecular complexity index is 460. The van der Waals surface area contributed by atoms with E-state index in [0.717, 1.165) is 51.4 Å². The number of nitrogens with zero attached hydrogens (tertiary/aromatic N) is 1. The molecule has 0 bridgehead atoms. The number of aldehydes is 1. The van der Waals surface area contributed by atoms with Crippen molar-refractivity contribution in [1.29, 1.82) is 0 Å². The van der Waals surface area contributed by atoms with Crippen molar-refractivity contribution in [3.8, 4) is 0 Å². The Balaban J connectivity index is 2.34. The maximum atomic E-state index is 12.6. The maximum absolute atomic E-state index is 12.6. The van der Waals surface area contributed by atoms with E-state index in [1.807, 2.05) is 6.92 Å². The molecular weight excluding hydrogens is 358 g/mol. The predicted molar refractivity (Wildman–Crippen MR) is 124 cm³/mol. The van der Waals surface area contributed by atoms with Crippen LogP contribution >= 0.6 is 0 Å². The lowest BCUT2D eigenvalue weighted by atomic mass is 9.90. The molecule has 3 heteroatoms. The van der Waals surface area contributed by atoms with Crippen molar-refractivity contribution >= 4 is 12.2 Å². The van der Waals surface area contributed by atoms with Gasteiger partial charge in [-0.1, -0.05) is 71.4 Å². The minimum Gasteiger partial charge on any atom is -0.340 e. The van der Waals surface area contributed by atoms with Crippen molar-refractivity contribution in [3.05, 3.63) is 12.2 Å². The van der Waals surface area contributed by atoms with Crippen LogP contribution in [0.15, 0.2) is 12.2 Å². The fraction of sp³-hybridized carbons (Fsp3) is 0.846. The Hall–Kier alpha value is -1.12. The molecule has 0 aliphatic carbocycles. The number of amides is 1. The van der Waals surface area contributed by atoms with Gasteiger partial charge in [0.15, 0.2) is 0 Å². The normalized spacial score (nSPS) is 18.6. The molecule has 1 aliphatic heterocycles. The lowest BCUT2D eigenvalue weighted by Gasteiger charge is -2.34. The van der Waals surface area contributed by atoms with Gasteiger partial charge >= 0.3 is 0 Å². The van der Waals surface area contributed by atoms with Gasteiger partial charge in [-0.3, -0.25) is 4.79 Å². The molecule has 0 aromatic carbocycles. The van der Waals surface area contributed by atoms with E-state index in [-0.39, 0.29) is 12.0 Å². The first-order valence-corrected chi connectivity index (χ1v) is 12.5. The predicted octanol–water partition coefficient (Wildman–Crippen LogP) is 7.10. The van der Waals surface area contributed by atoms with E-state index in [2.05, 4.69) is 30.9 Å². The molecule has 1 heterocycles. The number of carbonyl (C=O) groups excluding carboxylic acids is 2. The largest absolute Gasteiger partial charge is 0.340 e. The summed E-state index contributed by atoms with van der Waals surface area (Å²) >= 11 is 0. The number of hydrogen-bond acceptors (Lipinski definition) is 2. The average molecular weight is 406 g/mol. The minimum absolute atomic E-state index is 0.0310. The van der Waals surface area contributed by atoms with Gasteiger partial charge in [0, 0.05) is 24.9 Å². The quantitative estimate of drug-likeness (QED) is 0.156. The number of likely N-dealkylation sites (tertiary alicyclic amines) is 1. The summed E-state index contributed by atoms with van der Waals surface area (Å²) in [6, 6.07) is 0.231. The van der Waals surface area contributed by atoms with Crippen LogP contribution in [0.1, 0.15) is 117 Å². The monoisotopic (exact) mass is 405 g/mol. The summed E-state index contributed by atoms with van der Waals surface area (Å²) in [6.45, 7) is 7.44. The van der Waals surface area contributed by atoms with Crippen molar-refractivity contribution < 1.29 is 9.59 Å². The Morgan fingerprint density at radius 2 is 1.66 bits per heavy atom. The van der Waals surface area contributed by atoms with Crippen LogP contribution in [0, 0.1) is 11.8 Å². The summed E-state index contributed by atoms with van der Waals surface area (Å²) in [5, 5.41) is 0. The zero-order valence-corrected chi connectivity index (χ0v) is 19.5. The molecule has 168 valence electrons. The Labute approximate surface area is 180 Å². The fourth-order valence-electron chi connectivity index (χ4n) is 4.49. The van der Waals surface area contributed by atoms with E-state index in [9.17, 15) is 9.59 Å².